The summed E-state index contributed by atoms with van der Waals surface area (Å²) in [7, 11) is 3.96. The number of carbonyl (C=O) groups is 4. The second-order valence-corrected chi connectivity index (χ2v) is 7.68. The number of anilines is 1. The molecule has 3 aliphatic rings. The standard InChI is InChI=1S/C20H24N4O4/c1-21-14-4-3-5-15(14)23(2)11-6-7-12-13(10-11)20(28)24(19(12)27)16-8-9-17(25)22-18(16)26/h6-7,10,14-16,21H,3-5,8-9H2,1-2H3,(H,22,25,26). The molecule has 148 valence electrons. The third kappa shape index (κ3) is 2.88. The van der Waals surface area contributed by atoms with Gasteiger partial charge in [0.2, 0.25) is 11.8 Å². The zero-order valence-corrected chi connectivity index (χ0v) is 16.0. The number of piperidine rings is 1. The number of likely N-dealkylation sites (N-methyl/N-ethyl adjacent to an activating group) is 2. The second kappa shape index (κ2) is 7.01. The minimum absolute atomic E-state index is 0.116. The van der Waals surface area contributed by atoms with Crippen molar-refractivity contribution in [1.29, 1.82) is 0 Å². The predicted octanol–water partition coefficient (Wildman–Crippen LogP) is 0.665. The number of amides is 4. The molecule has 4 rings (SSSR count). The zero-order valence-electron chi connectivity index (χ0n) is 16.0. The third-order valence-electron chi connectivity index (χ3n) is 6.18. The monoisotopic (exact) mass is 384 g/mol. The smallest absolute Gasteiger partial charge is 0.262 e. The molecule has 8 heteroatoms. The molecule has 0 spiro atoms. The minimum Gasteiger partial charge on any atom is -0.370 e. The number of carbonyl (C=O) groups excluding carboxylic acids is 4. The van der Waals surface area contributed by atoms with Gasteiger partial charge in [-0.15, -0.1) is 0 Å². The van der Waals surface area contributed by atoms with E-state index in [4.69, 9.17) is 0 Å². The van der Waals surface area contributed by atoms with E-state index in [9.17, 15) is 19.2 Å². The highest BCUT2D eigenvalue weighted by atomic mass is 16.2. The van der Waals surface area contributed by atoms with Gasteiger partial charge in [0.05, 0.1) is 11.1 Å². The highest BCUT2D eigenvalue weighted by Crippen LogP contribution is 2.33. The van der Waals surface area contributed by atoms with Gasteiger partial charge in [0.15, 0.2) is 0 Å². The molecule has 1 aromatic carbocycles. The van der Waals surface area contributed by atoms with Crippen molar-refractivity contribution < 1.29 is 19.2 Å². The summed E-state index contributed by atoms with van der Waals surface area (Å²) < 4.78 is 0. The van der Waals surface area contributed by atoms with Crippen molar-refractivity contribution in [2.75, 3.05) is 19.0 Å². The van der Waals surface area contributed by atoms with Gasteiger partial charge >= 0.3 is 0 Å². The number of hydrogen-bond donors (Lipinski definition) is 2. The Labute approximate surface area is 163 Å². The van der Waals surface area contributed by atoms with Crippen LogP contribution in [0, 0.1) is 0 Å². The van der Waals surface area contributed by atoms with Gasteiger partial charge in [-0.2, -0.15) is 0 Å². The summed E-state index contributed by atoms with van der Waals surface area (Å²) in [4.78, 5) is 52.4. The van der Waals surface area contributed by atoms with Crippen molar-refractivity contribution in [2.45, 2.75) is 50.2 Å². The van der Waals surface area contributed by atoms with Crippen molar-refractivity contribution in [1.82, 2.24) is 15.5 Å². The summed E-state index contributed by atoms with van der Waals surface area (Å²) >= 11 is 0. The van der Waals surface area contributed by atoms with Crippen LogP contribution in [-0.2, 0) is 9.59 Å². The molecular formula is C20H24N4O4. The van der Waals surface area contributed by atoms with Gasteiger partial charge in [-0.1, -0.05) is 0 Å². The molecule has 2 aliphatic heterocycles. The van der Waals surface area contributed by atoms with Gasteiger partial charge in [-0.25, -0.2) is 0 Å². The van der Waals surface area contributed by atoms with Gasteiger partial charge in [-0.3, -0.25) is 29.4 Å². The number of benzene rings is 1. The Morgan fingerprint density at radius 1 is 1.07 bits per heavy atom. The molecule has 1 aromatic rings. The molecule has 2 fully saturated rings. The van der Waals surface area contributed by atoms with E-state index in [-0.39, 0.29) is 18.7 Å². The number of hydrogen-bond acceptors (Lipinski definition) is 6. The van der Waals surface area contributed by atoms with E-state index in [0.29, 0.717) is 23.2 Å². The molecule has 0 radical (unpaired) electrons. The van der Waals surface area contributed by atoms with E-state index >= 15 is 0 Å². The number of nitrogens with one attached hydrogen (secondary N) is 2. The fourth-order valence-electron chi connectivity index (χ4n) is 4.61. The van der Waals surface area contributed by atoms with Gasteiger partial charge in [0.1, 0.15) is 6.04 Å². The first kappa shape index (κ1) is 18.6. The number of rotatable bonds is 4. The average molecular weight is 384 g/mol. The second-order valence-electron chi connectivity index (χ2n) is 7.68. The van der Waals surface area contributed by atoms with Crippen LogP contribution in [0.2, 0.25) is 0 Å². The largest absolute Gasteiger partial charge is 0.370 e. The Morgan fingerprint density at radius 3 is 2.54 bits per heavy atom. The molecule has 2 N–H and O–H groups in total. The minimum atomic E-state index is -0.935. The van der Waals surface area contributed by atoms with Gasteiger partial charge in [0.25, 0.3) is 11.8 Å². The third-order valence-corrected chi connectivity index (χ3v) is 6.18. The first-order valence-corrected chi connectivity index (χ1v) is 9.68. The Balaban J connectivity index is 1.61. The quantitative estimate of drug-likeness (QED) is 0.740. The van der Waals surface area contributed by atoms with Crippen LogP contribution in [0.25, 0.3) is 0 Å². The van der Waals surface area contributed by atoms with Crippen molar-refractivity contribution in [3.63, 3.8) is 0 Å². The first-order chi connectivity index (χ1) is 13.4. The molecule has 3 atom stereocenters. The van der Waals surface area contributed by atoms with Crippen LogP contribution in [0.4, 0.5) is 5.69 Å². The number of imide groups is 2. The van der Waals surface area contributed by atoms with Crippen LogP contribution in [-0.4, -0.2) is 60.7 Å². The summed E-state index contributed by atoms with van der Waals surface area (Å²) in [5, 5.41) is 5.56. The van der Waals surface area contributed by atoms with E-state index in [1.807, 2.05) is 20.2 Å². The summed E-state index contributed by atoms with van der Waals surface area (Å²) in [5.41, 5.74) is 1.50. The normalized spacial score (nSPS) is 27.2. The van der Waals surface area contributed by atoms with Crippen molar-refractivity contribution in [3.05, 3.63) is 29.3 Å². The molecule has 1 saturated carbocycles. The summed E-state index contributed by atoms with van der Waals surface area (Å²) in [6, 6.07) is 5.03. The maximum atomic E-state index is 13.0. The first-order valence-electron chi connectivity index (χ1n) is 9.68. The van der Waals surface area contributed by atoms with Crippen LogP contribution < -0.4 is 15.5 Å². The van der Waals surface area contributed by atoms with Crippen molar-refractivity contribution >= 4 is 29.3 Å². The van der Waals surface area contributed by atoms with E-state index in [1.165, 1.54) is 0 Å². The Bertz CT molecular complexity index is 868. The summed E-state index contributed by atoms with van der Waals surface area (Å²) in [6.07, 6.45) is 3.59. The fourth-order valence-corrected chi connectivity index (χ4v) is 4.61. The van der Waals surface area contributed by atoms with Crippen molar-refractivity contribution in [2.24, 2.45) is 0 Å². The van der Waals surface area contributed by atoms with Crippen molar-refractivity contribution in [3.8, 4) is 0 Å². The SMILES string of the molecule is CNC1CCCC1N(C)c1ccc2c(c1)C(=O)N(C1CCC(=O)NC1=O)C2=O. The lowest BCUT2D eigenvalue weighted by molar-refractivity contribution is -0.136. The topological polar surface area (TPSA) is 98.8 Å². The van der Waals surface area contributed by atoms with Gasteiger partial charge in [-0.05, 0) is 50.9 Å². The molecule has 4 amide bonds. The zero-order chi connectivity index (χ0) is 20.0. The number of nitrogens with zero attached hydrogens (tertiary/aromatic N) is 2. The molecule has 8 nitrogen and oxygen atoms in total. The summed E-state index contributed by atoms with van der Waals surface area (Å²) in [5.74, 6) is -1.91. The van der Waals surface area contributed by atoms with E-state index in [2.05, 4.69) is 15.5 Å². The molecule has 1 aliphatic carbocycles. The van der Waals surface area contributed by atoms with E-state index < -0.39 is 23.8 Å². The van der Waals surface area contributed by atoms with Crippen LogP contribution in [0.3, 0.4) is 0 Å². The van der Waals surface area contributed by atoms with Crippen LogP contribution in [0.1, 0.15) is 52.8 Å². The highest BCUT2D eigenvalue weighted by molar-refractivity contribution is 6.23. The molecule has 0 bridgehead atoms. The summed E-state index contributed by atoms with van der Waals surface area (Å²) in [6.45, 7) is 0. The maximum Gasteiger partial charge on any atom is 0.262 e. The average Bonchev–Trinajstić information content (AvgIpc) is 3.25. The van der Waals surface area contributed by atoms with Gasteiger partial charge in [0, 0.05) is 31.2 Å². The van der Waals surface area contributed by atoms with E-state index in [1.54, 1.807) is 12.1 Å². The van der Waals surface area contributed by atoms with Crippen LogP contribution >= 0.6 is 0 Å². The Hall–Kier alpha value is -2.74. The van der Waals surface area contributed by atoms with Crippen LogP contribution in [0.15, 0.2) is 18.2 Å². The molecular weight excluding hydrogens is 360 g/mol. The lowest BCUT2D eigenvalue weighted by atomic mass is 10.0. The lowest BCUT2D eigenvalue weighted by Gasteiger charge is -2.31. The number of fused-ring (bicyclic) bond motifs is 1. The van der Waals surface area contributed by atoms with E-state index in [0.717, 1.165) is 29.8 Å². The molecule has 28 heavy (non-hydrogen) atoms. The molecule has 1 saturated heterocycles. The highest BCUT2D eigenvalue weighted by Gasteiger charge is 2.44. The van der Waals surface area contributed by atoms with Gasteiger partial charge < -0.3 is 10.2 Å². The molecule has 0 aromatic heterocycles. The predicted molar refractivity (Wildman–Crippen MR) is 102 cm³/mol. The lowest BCUT2D eigenvalue weighted by Crippen LogP contribution is -2.54. The molecule has 3 unspecified atom stereocenters. The van der Waals surface area contributed by atoms with Crippen LogP contribution in [0.5, 0.6) is 0 Å². The molecule has 2 heterocycles. The fraction of sp³-hybridized carbons (Fsp3) is 0.500. The maximum absolute atomic E-state index is 13.0. The Morgan fingerprint density at radius 2 is 1.82 bits per heavy atom. The Kier molecular flexibility index (Phi) is 4.66.